The highest BCUT2D eigenvalue weighted by Gasteiger charge is 2.27. The van der Waals surface area contributed by atoms with Crippen LogP contribution in [0.15, 0.2) is 36.7 Å². The van der Waals surface area contributed by atoms with Gasteiger partial charge in [-0.05, 0) is 31.9 Å². The van der Waals surface area contributed by atoms with Crippen molar-refractivity contribution in [2.45, 2.75) is 32.2 Å². The average Bonchev–Trinajstić information content (AvgIpc) is 2.91. The van der Waals surface area contributed by atoms with Crippen LogP contribution in [0.4, 0.5) is 5.69 Å². The van der Waals surface area contributed by atoms with Crippen LogP contribution in [0, 0.1) is 5.92 Å². The third-order valence-corrected chi connectivity index (χ3v) is 4.44. The fourth-order valence-electron chi connectivity index (χ4n) is 2.70. The summed E-state index contributed by atoms with van der Waals surface area (Å²) in [5.74, 6) is 0.662. The highest BCUT2D eigenvalue weighted by Crippen LogP contribution is 2.26. The molecule has 0 aliphatic heterocycles. The Morgan fingerprint density at radius 2 is 2.12 bits per heavy atom. The van der Waals surface area contributed by atoms with Gasteiger partial charge in [0.1, 0.15) is 11.9 Å². The van der Waals surface area contributed by atoms with E-state index in [1.165, 1.54) is 0 Å². The number of nitrogens with one attached hydrogen (secondary N) is 2. The van der Waals surface area contributed by atoms with Crippen molar-refractivity contribution in [3.8, 4) is 11.4 Å². The third kappa shape index (κ3) is 3.48. The largest absolute Gasteiger partial charge is 0.344 e. The van der Waals surface area contributed by atoms with Crippen LogP contribution in [0.2, 0.25) is 0 Å². The maximum absolute atomic E-state index is 12.3. The third-order valence-electron chi connectivity index (χ3n) is 4.44. The van der Waals surface area contributed by atoms with Gasteiger partial charge in [-0.1, -0.05) is 18.6 Å². The van der Waals surface area contributed by atoms with Gasteiger partial charge in [-0.3, -0.25) is 9.59 Å². The summed E-state index contributed by atoms with van der Waals surface area (Å²) in [6.07, 6.45) is 6.55. The Bertz CT molecular complexity index is 749. The van der Waals surface area contributed by atoms with Crippen molar-refractivity contribution < 1.29 is 9.59 Å². The summed E-state index contributed by atoms with van der Waals surface area (Å²) in [7, 11) is 1.92. The first-order valence-corrected chi connectivity index (χ1v) is 8.23. The van der Waals surface area contributed by atoms with Gasteiger partial charge in [0.05, 0.1) is 0 Å². The quantitative estimate of drug-likeness (QED) is 0.885. The molecule has 1 aliphatic rings. The number of imidazole rings is 1. The topological polar surface area (TPSA) is 76.0 Å². The standard InChI is InChI=1S/C18H22N4O2/c1-12(20-18(24)13-5-3-6-13)17(23)21-15-8-4-7-14(11-15)16-19-9-10-22(16)2/h4,7-13H,3,5-6H2,1-2H3,(H,20,24)(H,21,23). The second kappa shape index (κ2) is 6.86. The average molecular weight is 326 g/mol. The first kappa shape index (κ1) is 16.2. The van der Waals surface area contributed by atoms with Gasteiger partial charge in [0.2, 0.25) is 11.8 Å². The molecular weight excluding hydrogens is 304 g/mol. The van der Waals surface area contributed by atoms with E-state index >= 15 is 0 Å². The number of anilines is 1. The number of aryl methyl sites for hydroxylation is 1. The first-order valence-electron chi connectivity index (χ1n) is 8.23. The lowest BCUT2D eigenvalue weighted by molar-refractivity contribution is -0.130. The van der Waals surface area contributed by atoms with Crippen LogP contribution >= 0.6 is 0 Å². The van der Waals surface area contributed by atoms with Gasteiger partial charge in [0, 0.05) is 36.6 Å². The van der Waals surface area contributed by atoms with E-state index in [0.717, 1.165) is 30.7 Å². The molecule has 1 saturated carbocycles. The summed E-state index contributed by atoms with van der Waals surface area (Å²) in [6, 6.07) is 6.96. The molecule has 0 radical (unpaired) electrons. The number of benzene rings is 1. The molecule has 6 heteroatoms. The first-order chi connectivity index (χ1) is 11.5. The molecule has 24 heavy (non-hydrogen) atoms. The molecule has 1 unspecified atom stereocenters. The van der Waals surface area contributed by atoms with Crippen LogP contribution < -0.4 is 10.6 Å². The molecule has 2 aromatic rings. The van der Waals surface area contributed by atoms with Crippen molar-refractivity contribution in [1.29, 1.82) is 0 Å². The van der Waals surface area contributed by atoms with Gasteiger partial charge < -0.3 is 15.2 Å². The number of carbonyl (C=O) groups is 2. The van der Waals surface area contributed by atoms with E-state index in [1.807, 2.05) is 42.1 Å². The Labute approximate surface area is 141 Å². The van der Waals surface area contributed by atoms with Crippen LogP contribution in [0.1, 0.15) is 26.2 Å². The predicted octanol–water partition coefficient (Wildman–Crippen LogP) is 2.33. The van der Waals surface area contributed by atoms with Crippen LogP contribution in [-0.2, 0) is 16.6 Å². The molecule has 0 spiro atoms. The summed E-state index contributed by atoms with van der Waals surface area (Å²) < 4.78 is 1.92. The lowest BCUT2D eigenvalue weighted by Gasteiger charge is -2.25. The summed E-state index contributed by atoms with van der Waals surface area (Å²) in [5.41, 5.74) is 1.61. The second-order valence-electron chi connectivity index (χ2n) is 6.29. The number of hydrogen-bond acceptors (Lipinski definition) is 3. The van der Waals surface area contributed by atoms with E-state index in [9.17, 15) is 9.59 Å². The second-order valence-corrected chi connectivity index (χ2v) is 6.29. The molecule has 2 N–H and O–H groups in total. The molecule has 1 fully saturated rings. The van der Waals surface area contributed by atoms with Crippen LogP contribution in [0.5, 0.6) is 0 Å². The van der Waals surface area contributed by atoms with E-state index < -0.39 is 6.04 Å². The molecular formula is C18H22N4O2. The van der Waals surface area contributed by atoms with Gasteiger partial charge >= 0.3 is 0 Å². The van der Waals surface area contributed by atoms with E-state index in [0.29, 0.717) is 5.69 Å². The Kier molecular flexibility index (Phi) is 4.64. The Balaban J connectivity index is 1.63. The van der Waals surface area contributed by atoms with Gasteiger partial charge in [-0.2, -0.15) is 0 Å². The lowest BCUT2D eigenvalue weighted by Crippen LogP contribution is -2.45. The normalized spacial score (nSPS) is 15.4. The van der Waals surface area contributed by atoms with Crippen molar-refractivity contribution in [3.05, 3.63) is 36.7 Å². The van der Waals surface area contributed by atoms with Crippen LogP contribution in [0.25, 0.3) is 11.4 Å². The Morgan fingerprint density at radius 3 is 2.75 bits per heavy atom. The smallest absolute Gasteiger partial charge is 0.246 e. The van der Waals surface area contributed by atoms with Gasteiger partial charge in [-0.15, -0.1) is 0 Å². The maximum atomic E-state index is 12.3. The predicted molar refractivity (Wildman–Crippen MR) is 92.2 cm³/mol. The van der Waals surface area contributed by atoms with Gasteiger partial charge in [0.15, 0.2) is 0 Å². The zero-order chi connectivity index (χ0) is 17.1. The monoisotopic (exact) mass is 326 g/mol. The molecule has 3 rings (SSSR count). The molecule has 1 atom stereocenters. The molecule has 6 nitrogen and oxygen atoms in total. The number of hydrogen-bond donors (Lipinski definition) is 2. The van der Waals surface area contributed by atoms with Crippen molar-refractivity contribution in [3.63, 3.8) is 0 Å². The fraction of sp³-hybridized carbons (Fsp3) is 0.389. The highest BCUT2D eigenvalue weighted by atomic mass is 16.2. The summed E-state index contributed by atoms with van der Waals surface area (Å²) in [6.45, 7) is 1.70. The summed E-state index contributed by atoms with van der Waals surface area (Å²) in [5, 5.41) is 5.64. The molecule has 1 aromatic heterocycles. The Morgan fingerprint density at radius 1 is 1.33 bits per heavy atom. The number of nitrogens with zero attached hydrogens (tertiary/aromatic N) is 2. The van der Waals surface area contributed by atoms with E-state index in [2.05, 4.69) is 15.6 Å². The minimum atomic E-state index is -0.560. The molecule has 1 aromatic carbocycles. The van der Waals surface area contributed by atoms with Crippen LogP contribution in [0.3, 0.4) is 0 Å². The number of rotatable bonds is 5. The number of amides is 2. The van der Waals surface area contributed by atoms with Crippen molar-refractivity contribution in [2.75, 3.05) is 5.32 Å². The van der Waals surface area contributed by atoms with Gasteiger partial charge in [-0.25, -0.2) is 4.98 Å². The molecule has 0 saturated heterocycles. The molecule has 1 aliphatic carbocycles. The van der Waals surface area contributed by atoms with Crippen LogP contribution in [-0.4, -0.2) is 27.4 Å². The maximum Gasteiger partial charge on any atom is 0.246 e. The Hall–Kier alpha value is -2.63. The SMILES string of the molecule is CC(NC(=O)C1CCC1)C(=O)Nc1cccc(-c2nccn2C)c1. The minimum absolute atomic E-state index is 0.0225. The lowest BCUT2D eigenvalue weighted by atomic mass is 9.84. The summed E-state index contributed by atoms with van der Waals surface area (Å²) >= 11 is 0. The van der Waals surface area contributed by atoms with E-state index in [1.54, 1.807) is 13.1 Å². The molecule has 126 valence electrons. The highest BCUT2D eigenvalue weighted by molar-refractivity contribution is 5.97. The number of aromatic nitrogens is 2. The number of carbonyl (C=O) groups excluding carboxylic acids is 2. The zero-order valence-electron chi connectivity index (χ0n) is 14.0. The van der Waals surface area contributed by atoms with Crippen molar-refractivity contribution >= 4 is 17.5 Å². The minimum Gasteiger partial charge on any atom is -0.344 e. The van der Waals surface area contributed by atoms with Gasteiger partial charge in [0.25, 0.3) is 0 Å². The molecule has 2 amide bonds. The zero-order valence-corrected chi connectivity index (χ0v) is 14.0. The molecule has 0 bridgehead atoms. The molecule has 1 heterocycles. The van der Waals surface area contributed by atoms with Crippen molar-refractivity contribution in [1.82, 2.24) is 14.9 Å². The van der Waals surface area contributed by atoms with Crippen molar-refractivity contribution in [2.24, 2.45) is 13.0 Å². The fourth-order valence-corrected chi connectivity index (χ4v) is 2.70. The van der Waals surface area contributed by atoms with E-state index in [-0.39, 0.29) is 17.7 Å². The summed E-state index contributed by atoms with van der Waals surface area (Å²) in [4.78, 5) is 28.5. The van der Waals surface area contributed by atoms with E-state index in [4.69, 9.17) is 0 Å².